The van der Waals surface area contributed by atoms with Gasteiger partial charge in [0.15, 0.2) is 5.03 Å². The Morgan fingerprint density at radius 1 is 1.25 bits per heavy atom. The Hall–Kier alpha value is -0.665. The van der Waals surface area contributed by atoms with Gasteiger partial charge in [-0.3, -0.25) is 0 Å². The zero-order valence-corrected chi connectivity index (χ0v) is 13.2. The Labute approximate surface area is 123 Å². The molecule has 2 heterocycles. The van der Waals surface area contributed by atoms with E-state index in [1.54, 1.807) is 0 Å². The van der Waals surface area contributed by atoms with Gasteiger partial charge in [0, 0.05) is 11.7 Å². The van der Waals surface area contributed by atoms with E-state index in [1.165, 1.54) is 12.3 Å². The lowest BCUT2D eigenvalue weighted by molar-refractivity contribution is 0.00578. The molecule has 2 rings (SSSR count). The number of primary sulfonamides is 1. The van der Waals surface area contributed by atoms with Gasteiger partial charge in [0.1, 0.15) is 0 Å². The van der Waals surface area contributed by atoms with Crippen LogP contribution in [-0.2, 0) is 19.3 Å². The van der Waals surface area contributed by atoms with Crippen molar-refractivity contribution in [3.8, 4) is 0 Å². The molecule has 0 aliphatic carbocycles. The molecule has 1 aromatic rings. The van der Waals surface area contributed by atoms with E-state index in [1.807, 2.05) is 27.7 Å². The molecule has 1 saturated heterocycles. The van der Waals surface area contributed by atoms with E-state index in [4.69, 9.17) is 26.0 Å². The third-order valence-corrected chi connectivity index (χ3v) is 4.71. The maximum Gasteiger partial charge on any atom is 0.497 e. The molecule has 1 aromatic heterocycles. The van der Waals surface area contributed by atoms with Crippen molar-refractivity contribution in [3.63, 3.8) is 0 Å². The molecule has 1 aliphatic rings. The molecule has 2 N–H and O–H groups in total. The Kier molecular flexibility index (Phi) is 3.67. The summed E-state index contributed by atoms with van der Waals surface area (Å²) in [7, 11) is -4.88. The average molecular weight is 319 g/mol. The highest BCUT2D eigenvalue weighted by molar-refractivity contribution is 7.89. The fourth-order valence-corrected chi connectivity index (χ4v) is 2.67. The molecule has 9 heteroatoms. The van der Waals surface area contributed by atoms with Crippen molar-refractivity contribution in [2.24, 2.45) is 5.14 Å². The first-order chi connectivity index (χ1) is 8.94. The SMILES string of the molecule is CC1(C)OB(c2cc(Cl)cnc2S(N)(=O)=O)OC1(C)C. The van der Waals surface area contributed by atoms with Crippen LogP contribution in [0, 0.1) is 0 Å². The van der Waals surface area contributed by atoms with Gasteiger partial charge in [0.05, 0.1) is 16.2 Å². The van der Waals surface area contributed by atoms with Crippen molar-refractivity contribution in [3.05, 3.63) is 17.3 Å². The van der Waals surface area contributed by atoms with Crippen LogP contribution in [0.5, 0.6) is 0 Å². The predicted octanol–water partition coefficient (Wildman–Crippen LogP) is 0.682. The standard InChI is InChI=1S/C11H16BClN2O4S/c1-10(2)11(3,4)19-12(18-10)8-5-7(13)6-15-9(8)20(14,16)17/h5-6H,1-4H3,(H2,14,16,17). The number of pyridine rings is 1. The first-order valence-corrected chi connectivity index (χ1v) is 7.90. The second-order valence-corrected chi connectivity index (χ2v) is 7.59. The van der Waals surface area contributed by atoms with Crippen LogP contribution in [0.4, 0.5) is 0 Å². The zero-order valence-electron chi connectivity index (χ0n) is 11.7. The van der Waals surface area contributed by atoms with Crippen molar-refractivity contribution in [1.82, 2.24) is 4.98 Å². The maximum atomic E-state index is 11.6. The molecule has 0 amide bonds. The van der Waals surface area contributed by atoms with E-state index in [2.05, 4.69) is 4.98 Å². The summed E-state index contributed by atoms with van der Waals surface area (Å²) in [6, 6.07) is 1.44. The Bertz CT molecular complexity index is 632. The second-order valence-electron chi connectivity index (χ2n) is 5.68. The van der Waals surface area contributed by atoms with Crippen LogP contribution in [-0.4, -0.2) is 31.7 Å². The number of nitrogens with zero attached hydrogens (tertiary/aromatic N) is 1. The summed E-state index contributed by atoms with van der Waals surface area (Å²) in [4.78, 5) is 3.78. The van der Waals surface area contributed by atoms with E-state index in [9.17, 15) is 8.42 Å². The van der Waals surface area contributed by atoms with Gasteiger partial charge < -0.3 is 9.31 Å². The van der Waals surface area contributed by atoms with E-state index in [-0.39, 0.29) is 15.5 Å². The van der Waals surface area contributed by atoms with Gasteiger partial charge in [0.2, 0.25) is 0 Å². The normalized spacial score (nSPS) is 21.2. The molecule has 0 spiro atoms. The molecule has 0 saturated carbocycles. The monoisotopic (exact) mass is 318 g/mol. The molecule has 6 nitrogen and oxygen atoms in total. The van der Waals surface area contributed by atoms with Gasteiger partial charge in [-0.05, 0) is 33.8 Å². The topological polar surface area (TPSA) is 91.5 Å². The molecule has 1 aliphatic heterocycles. The van der Waals surface area contributed by atoms with E-state index in [0.717, 1.165) is 0 Å². The third kappa shape index (κ3) is 2.71. The number of aromatic nitrogens is 1. The van der Waals surface area contributed by atoms with Gasteiger partial charge in [-0.2, -0.15) is 0 Å². The number of rotatable bonds is 2. The maximum absolute atomic E-state index is 11.6. The van der Waals surface area contributed by atoms with Gasteiger partial charge in [-0.1, -0.05) is 11.6 Å². The molecule has 20 heavy (non-hydrogen) atoms. The summed E-state index contributed by atoms with van der Waals surface area (Å²) in [5.41, 5.74) is -0.996. The van der Waals surface area contributed by atoms with Crippen LogP contribution in [0.3, 0.4) is 0 Å². The fraction of sp³-hybridized carbons (Fsp3) is 0.545. The lowest BCUT2D eigenvalue weighted by Gasteiger charge is -2.32. The highest BCUT2D eigenvalue weighted by Gasteiger charge is 2.53. The van der Waals surface area contributed by atoms with E-state index < -0.39 is 28.3 Å². The van der Waals surface area contributed by atoms with Crippen LogP contribution in [0.2, 0.25) is 5.02 Å². The molecule has 1 fully saturated rings. The van der Waals surface area contributed by atoms with Crippen LogP contribution in [0.15, 0.2) is 17.3 Å². The first kappa shape index (κ1) is 15.7. The molecule has 0 atom stereocenters. The van der Waals surface area contributed by atoms with Gasteiger partial charge >= 0.3 is 7.12 Å². The largest absolute Gasteiger partial charge is 0.497 e. The summed E-state index contributed by atoms with van der Waals surface area (Å²) in [6.45, 7) is 7.45. The van der Waals surface area contributed by atoms with E-state index in [0.29, 0.717) is 0 Å². The van der Waals surface area contributed by atoms with Crippen LogP contribution >= 0.6 is 11.6 Å². The molecule has 0 bridgehead atoms. The number of hydrogen-bond donors (Lipinski definition) is 1. The molecule has 0 aromatic carbocycles. The van der Waals surface area contributed by atoms with Gasteiger partial charge in [-0.15, -0.1) is 0 Å². The summed E-state index contributed by atoms with van der Waals surface area (Å²) < 4.78 is 34.8. The van der Waals surface area contributed by atoms with Crippen LogP contribution < -0.4 is 10.6 Å². The number of hydrogen-bond acceptors (Lipinski definition) is 5. The van der Waals surface area contributed by atoms with Crippen molar-refractivity contribution >= 4 is 34.2 Å². The fourth-order valence-electron chi connectivity index (χ4n) is 1.82. The van der Waals surface area contributed by atoms with Crippen LogP contribution in [0.25, 0.3) is 0 Å². The molecule has 0 unspecified atom stereocenters. The van der Waals surface area contributed by atoms with Gasteiger partial charge in [-0.25, -0.2) is 18.5 Å². The zero-order chi connectivity index (χ0) is 15.3. The van der Waals surface area contributed by atoms with Crippen LogP contribution in [0.1, 0.15) is 27.7 Å². The second kappa shape index (κ2) is 4.67. The summed E-state index contributed by atoms with van der Waals surface area (Å²) in [5, 5.41) is 5.15. The quantitative estimate of drug-likeness (QED) is 0.810. The smallest absolute Gasteiger partial charge is 0.399 e. The van der Waals surface area contributed by atoms with Crippen molar-refractivity contribution in [2.45, 2.75) is 43.9 Å². The molecular weight excluding hydrogens is 302 g/mol. The highest BCUT2D eigenvalue weighted by atomic mass is 35.5. The predicted molar refractivity (Wildman–Crippen MR) is 76.3 cm³/mol. The minimum atomic E-state index is -3.99. The van der Waals surface area contributed by atoms with E-state index >= 15 is 0 Å². The third-order valence-electron chi connectivity index (χ3n) is 3.62. The summed E-state index contributed by atoms with van der Waals surface area (Å²) in [5.74, 6) is 0. The summed E-state index contributed by atoms with van der Waals surface area (Å²) in [6.07, 6.45) is 1.22. The lowest BCUT2D eigenvalue weighted by atomic mass is 9.80. The van der Waals surface area contributed by atoms with Crippen molar-refractivity contribution < 1.29 is 17.7 Å². The number of sulfonamides is 1. The van der Waals surface area contributed by atoms with Gasteiger partial charge in [0.25, 0.3) is 10.0 Å². The van der Waals surface area contributed by atoms with Crippen molar-refractivity contribution in [1.29, 1.82) is 0 Å². The molecule has 0 radical (unpaired) electrons. The Balaban J connectivity index is 2.53. The average Bonchev–Trinajstić information content (AvgIpc) is 2.46. The minimum absolute atomic E-state index is 0.207. The summed E-state index contributed by atoms with van der Waals surface area (Å²) >= 11 is 5.88. The minimum Gasteiger partial charge on any atom is -0.399 e. The van der Waals surface area contributed by atoms with Crippen molar-refractivity contribution in [2.75, 3.05) is 0 Å². The Morgan fingerprint density at radius 3 is 2.20 bits per heavy atom. The number of nitrogens with two attached hydrogens (primary N) is 1. The molecule has 110 valence electrons. The molecular formula is C11H16BClN2O4S. The lowest BCUT2D eigenvalue weighted by Crippen LogP contribution is -2.41. The number of halogens is 1. The first-order valence-electron chi connectivity index (χ1n) is 5.98. The highest BCUT2D eigenvalue weighted by Crippen LogP contribution is 2.36. The Morgan fingerprint density at radius 2 is 1.75 bits per heavy atom.